The molecule has 3 fully saturated rings. The lowest BCUT2D eigenvalue weighted by molar-refractivity contribution is -0.142. The van der Waals surface area contributed by atoms with E-state index in [0.717, 1.165) is 31.2 Å². The fourth-order valence-corrected chi connectivity index (χ4v) is 8.86. The highest BCUT2D eigenvalue weighted by Crippen LogP contribution is 2.68. The van der Waals surface area contributed by atoms with Crippen LogP contribution in [0.3, 0.4) is 0 Å². The predicted octanol–water partition coefficient (Wildman–Crippen LogP) is 2.72. The van der Waals surface area contributed by atoms with E-state index in [1.165, 1.54) is 0 Å². The zero-order valence-corrected chi connectivity index (χ0v) is 21.9. The lowest BCUT2D eigenvalue weighted by Gasteiger charge is -2.40. The standard InChI is InChI=1S/C27H39N3O4S/c1-4-6-10-13-28-25(33)23-27-17(3)14-20(35-27)21(22(27)26(34)30(23)19(5-2)16-31)24(32)29-15-18-11-8-7-9-12-18/h7-9,11-12,17,19-23,31H,4-6,10,13-16H2,1-3H3,(H,28,33)(H,29,32)/t17?,19-,20+,21-,22-,23?,27?/m0/s1. The van der Waals surface area contributed by atoms with Gasteiger partial charge in [0.05, 0.1) is 29.2 Å². The van der Waals surface area contributed by atoms with Crippen molar-refractivity contribution in [3.05, 3.63) is 35.9 Å². The molecule has 3 amide bonds. The average Bonchev–Trinajstić information content (AvgIpc) is 3.46. The van der Waals surface area contributed by atoms with Crippen molar-refractivity contribution in [2.24, 2.45) is 17.8 Å². The molecule has 3 saturated heterocycles. The Hall–Kier alpha value is -2.06. The summed E-state index contributed by atoms with van der Waals surface area (Å²) in [6, 6.07) is 8.64. The van der Waals surface area contributed by atoms with E-state index in [0.29, 0.717) is 19.5 Å². The average molecular weight is 502 g/mol. The number of benzene rings is 1. The normalized spacial score (nSPS) is 31.9. The first kappa shape index (κ1) is 26.0. The number of likely N-dealkylation sites (tertiary alicyclic amines) is 1. The molecule has 35 heavy (non-hydrogen) atoms. The lowest BCUT2D eigenvalue weighted by Crippen LogP contribution is -2.58. The summed E-state index contributed by atoms with van der Waals surface area (Å²) in [6.07, 6.45) is 4.35. The van der Waals surface area contributed by atoms with Gasteiger partial charge in [0.25, 0.3) is 0 Å². The largest absolute Gasteiger partial charge is 0.394 e. The molecule has 3 aliphatic heterocycles. The summed E-state index contributed by atoms with van der Waals surface area (Å²) < 4.78 is -0.645. The predicted molar refractivity (Wildman–Crippen MR) is 137 cm³/mol. The summed E-state index contributed by atoms with van der Waals surface area (Å²) in [5, 5.41) is 16.3. The molecule has 3 N–H and O–H groups in total. The van der Waals surface area contributed by atoms with Crippen LogP contribution in [0.25, 0.3) is 0 Å². The van der Waals surface area contributed by atoms with Crippen LogP contribution in [0.15, 0.2) is 30.3 Å². The molecule has 3 unspecified atom stereocenters. The summed E-state index contributed by atoms with van der Waals surface area (Å²) >= 11 is 1.68. The van der Waals surface area contributed by atoms with Gasteiger partial charge in [0.15, 0.2) is 0 Å². The van der Waals surface area contributed by atoms with Crippen molar-refractivity contribution in [3.63, 3.8) is 0 Å². The number of carbonyl (C=O) groups is 3. The van der Waals surface area contributed by atoms with E-state index < -0.39 is 28.7 Å². The minimum atomic E-state index is -0.671. The van der Waals surface area contributed by atoms with Gasteiger partial charge in [0, 0.05) is 18.3 Å². The molecule has 0 aromatic heterocycles. The van der Waals surface area contributed by atoms with E-state index in [1.54, 1.807) is 16.7 Å². The van der Waals surface area contributed by atoms with Crippen LogP contribution in [0.1, 0.15) is 58.4 Å². The maximum Gasteiger partial charge on any atom is 0.244 e. The molecule has 4 rings (SSSR count). The first-order chi connectivity index (χ1) is 16.9. The van der Waals surface area contributed by atoms with Gasteiger partial charge in [-0.1, -0.05) is 63.9 Å². The number of rotatable bonds is 11. The molecule has 1 aromatic carbocycles. The Bertz CT molecular complexity index is 924. The summed E-state index contributed by atoms with van der Waals surface area (Å²) in [6.45, 7) is 6.95. The number of unbranched alkanes of at least 4 members (excludes halogenated alkanes) is 2. The third-order valence-electron chi connectivity index (χ3n) is 8.20. The van der Waals surface area contributed by atoms with E-state index >= 15 is 0 Å². The summed E-state index contributed by atoms with van der Waals surface area (Å²) in [4.78, 5) is 42.8. The molecule has 7 nitrogen and oxygen atoms in total. The third-order valence-corrected chi connectivity index (χ3v) is 10.3. The highest BCUT2D eigenvalue weighted by Gasteiger charge is 2.76. The van der Waals surface area contributed by atoms with Gasteiger partial charge in [0.1, 0.15) is 6.04 Å². The smallest absolute Gasteiger partial charge is 0.244 e. The number of nitrogens with zero attached hydrogens (tertiary/aromatic N) is 1. The first-order valence-electron chi connectivity index (χ1n) is 13.1. The van der Waals surface area contributed by atoms with Crippen LogP contribution in [0.5, 0.6) is 0 Å². The fourth-order valence-electron chi connectivity index (χ4n) is 6.45. The van der Waals surface area contributed by atoms with E-state index in [4.69, 9.17) is 0 Å². The number of nitrogens with one attached hydrogen (secondary N) is 2. The molecule has 3 heterocycles. The van der Waals surface area contributed by atoms with Gasteiger partial charge >= 0.3 is 0 Å². The number of fused-ring (bicyclic) bond motifs is 1. The molecule has 8 heteroatoms. The molecule has 0 radical (unpaired) electrons. The number of thioether (sulfide) groups is 1. The molecule has 1 spiro atoms. The Kier molecular flexibility index (Phi) is 8.11. The van der Waals surface area contributed by atoms with Gasteiger partial charge in [-0.05, 0) is 30.7 Å². The number of amides is 3. The molecule has 0 aliphatic carbocycles. The Labute approximate surface area is 212 Å². The van der Waals surface area contributed by atoms with Crippen LogP contribution in [-0.4, -0.2) is 63.0 Å². The van der Waals surface area contributed by atoms with E-state index in [2.05, 4.69) is 24.5 Å². The van der Waals surface area contributed by atoms with Gasteiger partial charge in [-0.15, -0.1) is 11.8 Å². The monoisotopic (exact) mass is 501 g/mol. The van der Waals surface area contributed by atoms with Crippen molar-refractivity contribution in [2.75, 3.05) is 13.2 Å². The van der Waals surface area contributed by atoms with Gasteiger partial charge in [-0.25, -0.2) is 0 Å². The molecule has 1 aromatic rings. The molecule has 7 atom stereocenters. The van der Waals surface area contributed by atoms with Crippen molar-refractivity contribution in [1.29, 1.82) is 0 Å². The Morgan fingerprint density at radius 3 is 2.57 bits per heavy atom. The van der Waals surface area contributed by atoms with E-state index in [1.807, 2.05) is 37.3 Å². The second kappa shape index (κ2) is 10.9. The highest BCUT2D eigenvalue weighted by atomic mass is 32.2. The molecular weight excluding hydrogens is 462 g/mol. The number of hydrogen-bond acceptors (Lipinski definition) is 5. The fraction of sp³-hybridized carbons (Fsp3) is 0.667. The van der Waals surface area contributed by atoms with Crippen molar-refractivity contribution in [1.82, 2.24) is 15.5 Å². The number of hydrogen-bond donors (Lipinski definition) is 3. The maximum atomic E-state index is 14.0. The van der Waals surface area contributed by atoms with Crippen LogP contribution in [0, 0.1) is 17.8 Å². The maximum absolute atomic E-state index is 14.0. The second-order valence-corrected chi connectivity index (χ2v) is 11.8. The van der Waals surface area contributed by atoms with Gasteiger partial charge in [0.2, 0.25) is 17.7 Å². The van der Waals surface area contributed by atoms with E-state index in [9.17, 15) is 19.5 Å². The topological polar surface area (TPSA) is 98.7 Å². The number of carbonyl (C=O) groups excluding carboxylic acids is 3. The summed E-state index contributed by atoms with van der Waals surface area (Å²) in [7, 11) is 0. The second-order valence-electron chi connectivity index (χ2n) is 10.2. The number of aliphatic hydroxyl groups is 1. The highest BCUT2D eigenvalue weighted by molar-refractivity contribution is 8.02. The zero-order chi connectivity index (χ0) is 25.2. The SMILES string of the molecule is CCCCCNC(=O)C1N([C@@H](CC)CO)C(=O)[C@@H]2[C@@H](C(=O)NCc3ccccc3)[C@H]3CC(C)C12S3. The quantitative estimate of drug-likeness (QED) is 0.405. The molecule has 192 valence electrons. The van der Waals surface area contributed by atoms with Crippen LogP contribution in [-0.2, 0) is 20.9 Å². The summed E-state index contributed by atoms with van der Waals surface area (Å²) in [5.74, 6) is -1.31. The lowest BCUT2D eigenvalue weighted by atomic mass is 9.66. The van der Waals surface area contributed by atoms with Gasteiger partial charge < -0.3 is 20.6 Å². The van der Waals surface area contributed by atoms with Crippen LogP contribution in [0.4, 0.5) is 0 Å². The minimum Gasteiger partial charge on any atom is -0.394 e. The third kappa shape index (κ3) is 4.48. The van der Waals surface area contributed by atoms with Gasteiger partial charge in [-0.2, -0.15) is 0 Å². The van der Waals surface area contributed by atoms with Crippen molar-refractivity contribution >= 4 is 29.5 Å². The van der Waals surface area contributed by atoms with E-state index in [-0.39, 0.29) is 35.5 Å². The van der Waals surface area contributed by atoms with Crippen LogP contribution >= 0.6 is 11.8 Å². The van der Waals surface area contributed by atoms with Crippen LogP contribution < -0.4 is 10.6 Å². The first-order valence-corrected chi connectivity index (χ1v) is 14.0. The van der Waals surface area contributed by atoms with Crippen molar-refractivity contribution < 1.29 is 19.5 Å². The van der Waals surface area contributed by atoms with Crippen molar-refractivity contribution in [2.45, 2.75) is 81.5 Å². The Morgan fingerprint density at radius 1 is 1.17 bits per heavy atom. The zero-order valence-electron chi connectivity index (χ0n) is 21.0. The molecule has 3 aliphatic rings. The molecule has 0 saturated carbocycles. The Morgan fingerprint density at radius 2 is 1.91 bits per heavy atom. The molecular formula is C27H39N3O4S. The van der Waals surface area contributed by atoms with Crippen molar-refractivity contribution in [3.8, 4) is 0 Å². The van der Waals surface area contributed by atoms with Crippen LogP contribution in [0.2, 0.25) is 0 Å². The number of aliphatic hydroxyl groups excluding tert-OH is 1. The van der Waals surface area contributed by atoms with Gasteiger partial charge in [-0.3, -0.25) is 14.4 Å². The minimum absolute atomic E-state index is 0.0152. The Balaban J connectivity index is 1.62. The summed E-state index contributed by atoms with van der Waals surface area (Å²) in [5.41, 5.74) is 1.01. The molecule has 2 bridgehead atoms.